The summed E-state index contributed by atoms with van der Waals surface area (Å²) in [5.74, 6) is 1.15. The molecule has 0 radical (unpaired) electrons. The second kappa shape index (κ2) is 6.27. The van der Waals surface area contributed by atoms with Crippen LogP contribution in [0.4, 0.5) is 14.9 Å². The Morgan fingerprint density at radius 1 is 1.24 bits per heavy atom. The molecule has 2 amide bonds. The van der Waals surface area contributed by atoms with Crippen molar-refractivity contribution >= 4 is 40.4 Å². The Balaban J connectivity index is 1.82. The average molecular weight is 326 g/mol. The smallest absolute Gasteiger partial charge is 0.282 e. The van der Waals surface area contributed by atoms with Crippen molar-refractivity contribution in [3.63, 3.8) is 0 Å². The van der Waals surface area contributed by atoms with Gasteiger partial charge in [-0.25, -0.2) is 4.39 Å². The minimum absolute atomic E-state index is 0.0491. The molecule has 1 fully saturated rings. The predicted octanol–water partition coefficient (Wildman–Crippen LogP) is 2.82. The molecule has 3 rings (SSSR count). The zero-order chi connectivity index (χ0) is 14.8. The van der Waals surface area contributed by atoms with Gasteiger partial charge in [-0.1, -0.05) is 11.8 Å². The van der Waals surface area contributed by atoms with Gasteiger partial charge in [0.05, 0.1) is 5.69 Å². The molecule has 0 bridgehead atoms. The minimum Gasteiger partial charge on any atom is -0.323 e. The highest BCUT2D eigenvalue weighted by Crippen LogP contribution is 2.34. The van der Waals surface area contributed by atoms with Gasteiger partial charge >= 0.3 is 0 Å². The Morgan fingerprint density at radius 3 is 2.86 bits per heavy atom. The first kappa shape index (κ1) is 14.7. The summed E-state index contributed by atoms with van der Waals surface area (Å²) in [4.78, 5) is 28.2. The number of benzene rings is 1. The van der Waals surface area contributed by atoms with Crippen LogP contribution in [0, 0.1) is 5.82 Å². The lowest BCUT2D eigenvalue weighted by Gasteiger charge is -2.25. The first-order chi connectivity index (χ1) is 10.1. The Hall–Kier alpha value is -1.21. The van der Waals surface area contributed by atoms with Crippen molar-refractivity contribution in [2.24, 2.45) is 0 Å². The van der Waals surface area contributed by atoms with Gasteiger partial charge in [0.2, 0.25) is 5.91 Å². The van der Waals surface area contributed by atoms with E-state index < -0.39 is 0 Å². The molecular formula is C14H15FN2O2S2. The van der Waals surface area contributed by atoms with Crippen molar-refractivity contribution in [1.82, 2.24) is 4.90 Å². The van der Waals surface area contributed by atoms with Crippen molar-refractivity contribution in [1.29, 1.82) is 0 Å². The number of anilines is 1. The van der Waals surface area contributed by atoms with Gasteiger partial charge < -0.3 is 9.80 Å². The van der Waals surface area contributed by atoms with Crippen molar-refractivity contribution in [2.75, 3.05) is 36.0 Å². The van der Waals surface area contributed by atoms with Crippen LogP contribution >= 0.6 is 23.5 Å². The van der Waals surface area contributed by atoms with Crippen molar-refractivity contribution in [3.05, 3.63) is 24.0 Å². The van der Waals surface area contributed by atoms with E-state index >= 15 is 0 Å². The standard InChI is InChI=1S/C14H15FN2O2S2/c15-10-2-3-12-11(8-10)17(4-1-6-20-12)13(18)9-16-5-7-21-14(16)19/h2-3,8H,1,4-7,9H2. The summed E-state index contributed by atoms with van der Waals surface area (Å²) in [6, 6.07) is 4.55. The lowest BCUT2D eigenvalue weighted by Crippen LogP contribution is -2.41. The number of halogens is 1. The Kier molecular flexibility index (Phi) is 4.40. The first-order valence-corrected chi connectivity index (χ1v) is 8.77. The van der Waals surface area contributed by atoms with E-state index in [4.69, 9.17) is 0 Å². The number of hydrogen-bond acceptors (Lipinski definition) is 4. The van der Waals surface area contributed by atoms with E-state index in [1.54, 1.807) is 27.6 Å². The van der Waals surface area contributed by atoms with E-state index in [9.17, 15) is 14.0 Å². The highest BCUT2D eigenvalue weighted by atomic mass is 32.2. The lowest BCUT2D eigenvalue weighted by atomic mass is 10.2. The van der Waals surface area contributed by atoms with E-state index in [1.807, 2.05) is 0 Å². The molecule has 2 heterocycles. The van der Waals surface area contributed by atoms with Crippen molar-refractivity contribution in [3.8, 4) is 0 Å². The van der Waals surface area contributed by atoms with E-state index in [0.29, 0.717) is 18.8 Å². The van der Waals surface area contributed by atoms with Crippen LogP contribution in [0.3, 0.4) is 0 Å². The van der Waals surface area contributed by atoms with Gasteiger partial charge in [-0.3, -0.25) is 9.59 Å². The monoisotopic (exact) mass is 326 g/mol. The van der Waals surface area contributed by atoms with Gasteiger partial charge in [0.15, 0.2) is 0 Å². The minimum atomic E-state index is -0.346. The molecule has 0 N–H and O–H groups in total. The summed E-state index contributed by atoms with van der Waals surface area (Å²) < 4.78 is 13.5. The van der Waals surface area contributed by atoms with Crippen LogP contribution in [0.5, 0.6) is 0 Å². The fourth-order valence-electron chi connectivity index (χ4n) is 2.43. The molecular weight excluding hydrogens is 311 g/mol. The SMILES string of the molecule is O=C1SCCN1CC(=O)N1CCCSc2ccc(F)cc21. The fraction of sp³-hybridized carbons (Fsp3) is 0.429. The van der Waals surface area contributed by atoms with Gasteiger partial charge in [0.25, 0.3) is 5.24 Å². The molecule has 2 aliphatic heterocycles. The number of nitrogens with zero attached hydrogens (tertiary/aromatic N) is 2. The molecule has 7 heteroatoms. The van der Waals surface area contributed by atoms with E-state index in [2.05, 4.69) is 0 Å². The number of thioether (sulfide) groups is 2. The molecule has 0 spiro atoms. The first-order valence-electron chi connectivity index (χ1n) is 6.79. The van der Waals surface area contributed by atoms with Crippen LogP contribution in [0.15, 0.2) is 23.1 Å². The summed E-state index contributed by atoms with van der Waals surface area (Å²) in [5.41, 5.74) is 0.627. The normalized spacial score (nSPS) is 18.6. The molecule has 1 aromatic rings. The lowest BCUT2D eigenvalue weighted by molar-refractivity contribution is -0.119. The zero-order valence-electron chi connectivity index (χ0n) is 11.4. The van der Waals surface area contributed by atoms with Crippen LogP contribution in [-0.2, 0) is 4.79 Å². The Morgan fingerprint density at radius 2 is 2.10 bits per heavy atom. The van der Waals surface area contributed by atoms with Crippen LogP contribution in [0.2, 0.25) is 0 Å². The van der Waals surface area contributed by atoms with Gasteiger partial charge in [0, 0.05) is 23.7 Å². The second-order valence-electron chi connectivity index (χ2n) is 4.90. The molecule has 0 atom stereocenters. The topological polar surface area (TPSA) is 40.6 Å². The third kappa shape index (κ3) is 3.18. The zero-order valence-corrected chi connectivity index (χ0v) is 13.0. The molecule has 0 saturated carbocycles. The Labute approximate surface area is 131 Å². The maximum Gasteiger partial charge on any atom is 0.282 e. The van der Waals surface area contributed by atoms with Crippen molar-refractivity contribution in [2.45, 2.75) is 11.3 Å². The summed E-state index contributed by atoms with van der Waals surface area (Å²) in [6.45, 7) is 1.25. The molecule has 0 aromatic heterocycles. The number of fused-ring (bicyclic) bond motifs is 1. The second-order valence-corrected chi connectivity index (χ2v) is 7.08. The maximum absolute atomic E-state index is 13.5. The van der Waals surface area contributed by atoms with Crippen LogP contribution < -0.4 is 4.90 Å². The molecule has 2 aliphatic rings. The largest absolute Gasteiger partial charge is 0.323 e. The number of carbonyl (C=O) groups is 2. The number of amides is 2. The summed E-state index contributed by atoms with van der Waals surface area (Å²) in [6.07, 6.45) is 0.857. The van der Waals surface area contributed by atoms with Crippen molar-refractivity contribution < 1.29 is 14.0 Å². The highest BCUT2D eigenvalue weighted by molar-refractivity contribution is 8.13. The van der Waals surface area contributed by atoms with Crippen LogP contribution in [0.25, 0.3) is 0 Å². The summed E-state index contributed by atoms with van der Waals surface area (Å²) in [5, 5.41) is -0.0491. The molecule has 112 valence electrons. The molecule has 4 nitrogen and oxygen atoms in total. The number of hydrogen-bond donors (Lipinski definition) is 0. The Bertz CT molecular complexity index is 582. The third-order valence-corrected chi connectivity index (χ3v) is 5.51. The van der Waals surface area contributed by atoms with Gasteiger partial charge in [-0.2, -0.15) is 0 Å². The number of carbonyl (C=O) groups excluding carboxylic acids is 2. The molecule has 0 unspecified atom stereocenters. The summed E-state index contributed by atoms with van der Waals surface area (Å²) >= 11 is 2.88. The van der Waals surface area contributed by atoms with E-state index in [1.165, 1.54) is 23.9 Å². The van der Waals surface area contributed by atoms with E-state index in [0.717, 1.165) is 22.8 Å². The van der Waals surface area contributed by atoms with Gasteiger partial charge in [-0.15, -0.1) is 11.8 Å². The molecule has 0 aliphatic carbocycles. The molecule has 21 heavy (non-hydrogen) atoms. The molecule has 1 saturated heterocycles. The summed E-state index contributed by atoms with van der Waals surface area (Å²) in [7, 11) is 0. The van der Waals surface area contributed by atoms with Crippen LogP contribution in [0.1, 0.15) is 6.42 Å². The molecule has 1 aromatic carbocycles. The van der Waals surface area contributed by atoms with Crippen LogP contribution in [-0.4, -0.2) is 47.2 Å². The predicted molar refractivity (Wildman–Crippen MR) is 83.5 cm³/mol. The van der Waals surface area contributed by atoms with Gasteiger partial charge in [-0.05, 0) is 30.4 Å². The van der Waals surface area contributed by atoms with E-state index in [-0.39, 0.29) is 23.5 Å². The third-order valence-electron chi connectivity index (χ3n) is 3.47. The maximum atomic E-state index is 13.5. The average Bonchev–Trinajstić information content (AvgIpc) is 2.74. The quantitative estimate of drug-likeness (QED) is 0.838. The fourth-order valence-corrected chi connectivity index (χ4v) is 4.23. The van der Waals surface area contributed by atoms with Gasteiger partial charge in [0.1, 0.15) is 12.4 Å². The highest BCUT2D eigenvalue weighted by Gasteiger charge is 2.28. The number of rotatable bonds is 2.